The third kappa shape index (κ3) is 3.34. The van der Waals surface area contributed by atoms with E-state index in [1.807, 2.05) is 0 Å². The van der Waals surface area contributed by atoms with Gasteiger partial charge in [0.15, 0.2) is 0 Å². The molecule has 96 valence electrons. The number of carbonyl (C=O) groups excluding carboxylic acids is 1. The molecule has 0 aromatic heterocycles. The molecule has 0 saturated carbocycles. The highest BCUT2D eigenvalue weighted by atomic mass is 16.6. The van der Waals surface area contributed by atoms with E-state index in [4.69, 9.17) is 0 Å². The number of nitro groups is 1. The minimum atomic E-state index is -1.47. The van der Waals surface area contributed by atoms with Crippen LogP contribution < -0.4 is 0 Å². The molecule has 0 bridgehead atoms. The summed E-state index contributed by atoms with van der Waals surface area (Å²) in [5.74, 6) is -0.455. The highest BCUT2D eigenvalue weighted by molar-refractivity contribution is 5.89. The van der Waals surface area contributed by atoms with Gasteiger partial charge in [-0.1, -0.05) is 0 Å². The van der Waals surface area contributed by atoms with Gasteiger partial charge in [-0.3, -0.25) is 10.1 Å². The molecule has 0 amide bonds. The van der Waals surface area contributed by atoms with Gasteiger partial charge in [0.25, 0.3) is 0 Å². The Morgan fingerprint density at radius 2 is 1.89 bits per heavy atom. The fourth-order valence-electron chi connectivity index (χ4n) is 0.999. The van der Waals surface area contributed by atoms with Gasteiger partial charge < -0.3 is 4.74 Å². The highest BCUT2D eigenvalue weighted by Crippen LogP contribution is 2.18. The number of azo groups is 1. The van der Waals surface area contributed by atoms with E-state index in [1.165, 1.54) is 45.2 Å². The standard InChI is InChI=1S/C11H13N3O4/c1-11(2,14(16)17)13-12-9-6-4-8(5-7-9)10(15)18-3/h4-7H,1-3H3. The minimum Gasteiger partial charge on any atom is -0.465 e. The van der Waals surface area contributed by atoms with Gasteiger partial charge in [0.2, 0.25) is 0 Å². The average Bonchev–Trinajstić information content (AvgIpc) is 2.36. The third-order valence-electron chi connectivity index (χ3n) is 2.15. The molecule has 1 rings (SSSR count). The first kappa shape index (κ1) is 13.8. The average molecular weight is 251 g/mol. The van der Waals surface area contributed by atoms with Gasteiger partial charge in [0.05, 0.1) is 23.3 Å². The predicted molar refractivity (Wildman–Crippen MR) is 63.4 cm³/mol. The molecule has 0 N–H and O–H groups in total. The zero-order chi connectivity index (χ0) is 13.8. The number of nitrogens with zero attached hydrogens (tertiary/aromatic N) is 3. The van der Waals surface area contributed by atoms with Crippen molar-refractivity contribution in [3.63, 3.8) is 0 Å². The van der Waals surface area contributed by atoms with Gasteiger partial charge in [-0.15, -0.1) is 10.2 Å². The van der Waals surface area contributed by atoms with Crippen molar-refractivity contribution in [1.29, 1.82) is 0 Å². The van der Waals surface area contributed by atoms with Gasteiger partial charge in [-0.2, -0.15) is 0 Å². The Morgan fingerprint density at radius 3 is 2.33 bits per heavy atom. The lowest BCUT2D eigenvalue weighted by molar-refractivity contribution is -0.559. The van der Waals surface area contributed by atoms with Crippen molar-refractivity contribution in [2.24, 2.45) is 10.2 Å². The number of hydrogen-bond acceptors (Lipinski definition) is 6. The molecule has 0 spiro atoms. The van der Waals surface area contributed by atoms with E-state index in [-0.39, 0.29) is 0 Å². The van der Waals surface area contributed by atoms with Gasteiger partial charge in [0.1, 0.15) is 0 Å². The Hall–Kier alpha value is -2.31. The molecule has 1 aromatic rings. The SMILES string of the molecule is COC(=O)c1ccc(N=NC(C)(C)[N+](=O)[O-])cc1. The molecule has 0 atom stereocenters. The Balaban J connectivity index is 2.85. The van der Waals surface area contributed by atoms with E-state index in [2.05, 4.69) is 15.0 Å². The molecule has 7 nitrogen and oxygen atoms in total. The molecule has 0 unspecified atom stereocenters. The van der Waals surface area contributed by atoms with E-state index >= 15 is 0 Å². The summed E-state index contributed by atoms with van der Waals surface area (Å²) in [6.45, 7) is 2.69. The van der Waals surface area contributed by atoms with Crippen LogP contribution >= 0.6 is 0 Å². The molecule has 0 heterocycles. The smallest absolute Gasteiger partial charge is 0.337 e. The maximum absolute atomic E-state index is 11.2. The van der Waals surface area contributed by atoms with E-state index in [0.717, 1.165) is 0 Å². The molecule has 0 aliphatic carbocycles. The number of hydrogen-bond donors (Lipinski definition) is 0. The summed E-state index contributed by atoms with van der Waals surface area (Å²) < 4.78 is 4.54. The summed E-state index contributed by atoms with van der Waals surface area (Å²) >= 11 is 0. The van der Waals surface area contributed by atoms with Gasteiger partial charge in [-0.05, 0) is 24.3 Å². The quantitative estimate of drug-likeness (QED) is 0.355. The lowest BCUT2D eigenvalue weighted by Crippen LogP contribution is -2.27. The Labute approximate surface area is 104 Å². The van der Waals surface area contributed by atoms with Crippen molar-refractivity contribution in [1.82, 2.24) is 0 Å². The van der Waals surface area contributed by atoms with Crippen molar-refractivity contribution in [2.45, 2.75) is 19.5 Å². The van der Waals surface area contributed by atoms with Crippen molar-refractivity contribution in [2.75, 3.05) is 7.11 Å². The fraction of sp³-hybridized carbons (Fsp3) is 0.364. The normalized spacial score (nSPS) is 11.5. The van der Waals surface area contributed by atoms with Crippen LogP contribution in [0.25, 0.3) is 0 Å². The van der Waals surface area contributed by atoms with E-state index in [1.54, 1.807) is 0 Å². The number of carbonyl (C=O) groups is 1. The Kier molecular flexibility index (Phi) is 4.09. The molecule has 0 saturated heterocycles. The molecule has 0 aliphatic rings. The van der Waals surface area contributed by atoms with Crippen LogP contribution in [-0.2, 0) is 4.74 Å². The summed E-state index contributed by atoms with van der Waals surface area (Å²) in [7, 11) is 1.29. The van der Waals surface area contributed by atoms with Crippen LogP contribution in [0.15, 0.2) is 34.5 Å². The van der Waals surface area contributed by atoms with Crippen LogP contribution in [0, 0.1) is 10.1 Å². The third-order valence-corrected chi connectivity index (χ3v) is 2.15. The van der Waals surface area contributed by atoms with Crippen molar-refractivity contribution in [3.05, 3.63) is 39.9 Å². The maximum atomic E-state index is 11.2. The number of esters is 1. The minimum absolute atomic E-state index is 0.380. The predicted octanol–water partition coefficient (Wildman–Crippen LogP) is 2.57. The van der Waals surface area contributed by atoms with Gasteiger partial charge in [-0.25, -0.2) is 4.79 Å². The van der Waals surface area contributed by atoms with Crippen molar-refractivity contribution < 1.29 is 14.5 Å². The molecule has 18 heavy (non-hydrogen) atoms. The monoisotopic (exact) mass is 251 g/mol. The molecule has 0 fully saturated rings. The lowest BCUT2D eigenvalue weighted by Gasteiger charge is -2.07. The summed E-state index contributed by atoms with van der Waals surface area (Å²) in [6, 6.07) is 6.09. The van der Waals surface area contributed by atoms with Gasteiger partial charge >= 0.3 is 11.6 Å². The molecule has 0 radical (unpaired) electrons. The summed E-state index contributed by atoms with van der Waals surface area (Å²) in [6.07, 6.45) is 0. The molecular weight excluding hydrogens is 238 g/mol. The molecule has 0 aliphatic heterocycles. The zero-order valence-corrected chi connectivity index (χ0v) is 10.3. The second-order valence-electron chi connectivity index (χ2n) is 3.99. The first-order valence-corrected chi connectivity index (χ1v) is 5.12. The van der Waals surface area contributed by atoms with Crippen LogP contribution in [0.3, 0.4) is 0 Å². The molecule has 1 aromatic carbocycles. The summed E-state index contributed by atoms with van der Waals surface area (Å²) in [4.78, 5) is 21.3. The van der Waals surface area contributed by atoms with Crippen LogP contribution in [0.2, 0.25) is 0 Å². The van der Waals surface area contributed by atoms with E-state index in [0.29, 0.717) is 11.3 Å². The van der Waals surface area contributed by atoms with Crippen LogP contribution in [-0.4, -0.2) is 23.7 Å². The topological polar surface area (TPSA) is 94.2 Å². The number of ether oxygens (including phenoxy) is 1. The number of rotatable bonds is 4. The lowest BCUT2D eigenvalue weighted by atomic mass is 10.2. The largest absolute Gasteiger partial charge is 0.465 e. The second kappa shape index (κ2) is 5.35. The van der Waals surface area contributed by atoms with Crippen molar-refractivity contribution in [3.8, 4) is 0 Å². The van der Waals surface area contributed by atoms with Crippen molar-refractivity contribution >= 4 is 11.7 Å². The van der Waals surface area contributed by atoms with Crippen LogP contribution in [0.5, 0.6) is 0 Å². The number of methoxy groups -OCH3 is 1. The highest BCUT2D eigenvalue weighted by Gasteiger charge is 2.29. The molecule has 7 heteroatoms. The summed E-state index contributed by atoms with van der Waals surface area (Å²) in [5.41, 5.74) is -0.663. The first-order valence-electron chi connectivity index (χ1n) is 5.12. The summed E-state index contributed by atoms with van der Waals surface area (Å²) in [5, 5.41) is 18.0. The Bertz CT molecular complexity index is 480. The van der Waals surface area contributed by atoms with Gasteiger partial charge in [0, 0.05) is 13.8 Å². The fourth-order valence-corrected chi connectivity index (χ4v) is 0.999. The van der Waals surface area contributed by atoms with E-state index < -0.39 is 16.6 Å². The Morgan fingerprint density at radius 1 is 1.33 bits per heavy atom. The zero-order valence-electron chi connectivity index (χ0n) is 10.3. The maximum Gasteiger partial charge on any atom is 0.337 e. The van der Waals surface area contributed by atoms with Crippen LogP contribution in [0.4, 0.5) is 5.69 Å². The van der Waals surface area contributed by atoms with Crippen LogP contribution in [0.1, 0.15) is 24.2 Å². The number of benzene rings is 1. The first-order chi connectivity index (χ1) is 8.36. The second-order valence-corrected chi connectivity index (χ2v) is 3.99. The molecular formula is C11H13N3O4. The van der Waals surface area contributed by atoms with E-state index in [9.17, 15) is 14.9 Å².